The number of aliphatic imine (C=N–C) groups is 1. The maximum Gasteiger partial charge on any atom is 0.219 e. The van der Waals surface area contributed by atoms with E-state index in [1.54, 1.807) is 6.92 Å². The molecular weight excluding hydrogens is 378 g/mol. The second-order valence-corrected chi connectivity index (χ2v) is 8.25. The molecule has 7 heteroatoms. The quantitative estimate of drug-likeness (QED) is 0.587. The number of carbonyl (C=O) groups is 1. The number of morpholine rings is 1. The summed E-state index contributed by atoms with van der Waals surface area (Å²) in [5, 5.41) is 3.46. The Hall–Kier alpha value is -2.12. The summed E-state index contributed by atoms with van der Waals surface area (Å²) >= 11 is 0. The normalized spacial score (nSPS) is 21.1. The van der Waals surface area contributed by atoms with Crippen molar-refractivity contribution < 1.29 is 9.53 Å². The van der Waals surface area contributed by atoms with Crippen LogP contribution in [0, 0.1) is 13.8 Å². The molecule has 3 rings (SSSR count). The maximum atomic E-state index is 11.5. The molecule has 2 aliphatic rings. The van der Waals surface area contributed by atoms with E-state index in [2.05, 4.69) is 54.1 Å². The molecular formula is C23H37N5O2. The zero-order chi connectivity index (χ0) is 21.5. The van der Waals surface area contributed by atoms with Crippen molar-refractivity contribution in [2.45, 2.75) is 33.8 Å². The molecule has 0 radical (unpaired) electrons. The largest absolute Gasteiger partial charge is 0.370 e. The highest BCUT2D eigenvalue weighted by atomic mass is 16.5. The van der Waals surface area contributed by atoms with Crippen molar-refractivity contribution in [3.05, 3.63) is 34.9 Å². The van der Waals surface area contributed by atoms with Gasteiger partial charge in [-0.1, -0.05) is 23.8 Å². The van der Waals surface area contributed by atoms with Gasteiger partial charge in [-0.05, 0) is 31.9 Å². The number of rotatable bonds is 5. The van der Waals surface area contributed by atoms with Crippen LogP contribution in [0.4, 0.5) is 0 Å². The molecule has 2 heterocycles. The molecule has 0 bridgehead atoms. The smallest absolute Gasteiger partial charge is 0.219 e. The van der Waals surface area contributed by atoms with Crippen molar-refractivity contribution in [2.24, 2.45) is 4.99 Å². The summed E-state index contributed by atoms with van der Waals surface area (Å²) in [5.41, 5.74) is 3.83. The third kappa shape index (κ3) is 5.95. The minimum atomic E-state index is 0.0721. The number of nitrogens with zero attached hydrogens (tertiary/aromatic N) is 4. The number of hydrogen-bond acceptors (Lipinski definition) is 4. The molecule has 1 unspecified atom stereocenters. The first-order chi connectivity index (χ1) is 14.5. The molecule has 0 aromatic heterocycles. The molecule has 2 saturated heterocycles. The Morgan fingerprint density at radius 2 is 1.93 bits per heavy atom. The number of amides is 1. The summed E-state index contributed by atoms with van der Waals surface area (Å²) in [6, 6.07) is 6.59. The van der Waals surface area contributed by atoms with Crippen molar-refractivity contribution in [3.8, 4) is 0 Å². The molecule has 1 amide bonds. The van der Waals surface area contributed by atoms with E-state index in [0.29, 0.717) is 6.61 Å². The molecule has 1 N–H and O–H groups in total. The summed E-state index contributed by atoms with van der Waals surface area (Å²) < 4.78 is 6.11. The van der Waals surface area contributed by atoms with Gasteiger partial charge >= 0.3 is 0 Å². The first-order valence-corrected chi connectivity index (χ1v) is 11.2. The van der Waals surface area contributed by atoms with E-state index in [1.165, 1.54) is 16.7 Å². The molecule has 2 fully saturated rings. The highest BCUT2D eigenvalue weighted by Gasteiger charge is 2.25. The lowest BCUT2D eigenvalue weighted by atomic mass is 10.00. The van der Waals surface area contributed by atoms with Crippen LogP contribution < -0.4 is 5.32 Å². The van der Waals surface area contributed by atoms with Crippen LogP contribution in [-0.2, 0) is 9.53 Å². The van der Waals surface area contributed by atoms with Crippen LogP contribution in [-0.4, -0.2) is 92.1 Å². The number of guanidine groups is 1. The zero-order valence-corrected chi connectivity index (χ0v) is 19.0. The Morgan fingerprint density at radius 3 is 2.60 bits per heavy atom. The molecule has 0 spiro atoms. The molecule has 1 aromatic carbocycles. The van der Waals surface area contributed by atoms with Gasteiger partial charge < -0.3 is 19.9 Å². The topological polar surface area (TPSA) is 60.4 Å². The van der Waals surface area contributed by atoms with Crippen LogP contribution in [0.25, 0.3) is 0 Å². The Morgan fingerprint density at radius 1 is 1.17 bits per heavy atom. The molecule has 2 aliphatic heterocycles. The Balaban J connectivity index is 1.57. The number of hydrogen-bond donors (Lipinski definition) is 1. The van der Waals surface area contributed by atoms with Crippen LogP contribution >= 0.6 is 0 Å². The molecule has 0 saturated carbocycles. The van der Waals surface area contributed by atoms with Gasteiger partial charge in [-0.25, -0.2) is 0 Å². The fraction of sp³-hybridized carbons (Fsp3) is 0.652. The summed E-state index contributed by atoms with van der Waals surface area (Å²) in [7, 11) is 0. The fourth-order valence-electron chi connectivity index (χ4n) is 4.23. The second-order valence-electron chi connectivity index (χ2n) is 8.25. The standard InChI is InChI=1S/C23H37N5O2/c1-5-24-23(25-8-9-26-10-12-27(13-11-26)20(4)29)28-14-15-30-22(17-28)21-7-6-18(2)16-19(21)3/h6-7,16,22H,5,8-15,17H2,1-4H3,(H,24,25). The van der Waals surface area contributed by atoms with Crippen molar-refractivity contribution in [1.29, 1.82) is 0 Å². The SMILES string of the molecule is CCNC(=NCCN1CCN(C(C)=O)CC1)N1CCOC(c2ccc(C)cc2C)C1. The highest BCUT2D eigenvalue weighted by Crippen LogP contribution is 2.25. The van der Waals surface area contributed by atoms with E-state index in [4.69, 9.17) is 9.73 Å². The highest BCUT2D eigenvalue weighted by molar-refractivity contribution is 5.80. The number of aryl methyl sites for hydroxylation is 2. The van der Waals surface area contributed by atoms with Gasteiger partial charge in [0, 0.05) is 52.7 Å². The van der Waals surface area contributed by atoms with E-state index in [9.17, 15) is 4.79 Å². The van der Waals surface area contributed by atoms with Gasteiger partial charge in [-0.2, -0.15) is 0 Å². The van der Waals surface area contributed by atoms with Crippen LogP contribution in [0.5, 0.6) is 0 Å². The predicted molar refractivity (Wildman–Crippen MR) is 121 cm³/mol. The van der Waals surface area contributed by atoms with Gasteiger partial charge in [-0.3, -0.25) is 14.7 Å². The zero-order valence-electron chi connectivity index (χ0n) is 19.0. The third-order valence-electron chi connectivity index (χ3n) is 5.97. The van der Waals surface area contributed by atoms with Gasteiger partial charge in [-0.15, -0.1) is 0 Å². The van der Waals surface area contributed by atoms with Gasteiger partial charge in [0.05, 0.1) is 19.7 Å². The first kappa shape index (κ1) is 22.6. The second kappa shape index (κ2) is 10.8. The van der Waals surface area contributed by atoms with Crippen molar-refractivity contribution in [3.63, 3.8) is 0 Å². The fourth-order valence-corrected chi connectivity index (χ4v) is 4.23. The van der Waals surface area contributed by atoms with Crippen LogP contribution in [0.3, 0.4) is 0 Å². The van der Waals surface area contributed by atoms with Crippen LogP contribution in [0.1, 0.15) is 36.6 Å². The Kier molecular flexibility index (Phi) is 8.10. The minimum Gasteiger partial charge on any atom is -0.370 e. The van der Waals surface area contributed by atoms with Gasteiger partial charge in [0.25, 0.3) is 0 Å². The van der Waals surface area contributed by atoms with E-state index in [-0.39, 0.29) is 12.0 Å². The Labute approximate surface area is 181 Å². The summed E-state index contributed by atoms with van der Waals surface area (Å²) in [6.45, 7) is 16.4. The molecule has 30 heavy (non-hydrogen) atoms. The summed E-state index contributed by atoms with van der Waals surface area (Å²) in [5.74, 6) is 1.14. The summed E-state index contributed by atoms with van der Waals surface area (Å²) in [4.78, 5) is 23.0. The molecule has 166 valence electrons. The van der Waals surface area contributed by atoms with Crippen molar-refractivity contribution in [1.82, 2.24) is 20.0 Å². The lowest BCUT2D eigenvalue weighted by Gasteiger charge is -2.36. The molecule has 7 nitrogen and oxygen atoms in total. The predicted octanol–water partition coefficient (Wildman–Crippen LogP) is 1.81. The number of piperazine rings is 1. The van der Waals surface area contributed by atoms with Gasteiger partial charge in [0.2, 0.25) is 5.91 Å². The van der Waals surface area contributed by atoms with E-state index in [1.807, 2.05) is 4.90 Å². The van der Waals surface area contributed by atoms with Crippen molar-refractivity contribution in [2.75, 3.05) is 65.5 Å². The van der Waals surface area contributed by atoms with Gasteiger partial charge in [0.1, 0.15) is 6.10 Å². The monoisotopic (exact) mass is 415 g/mol. The van der Waals surface area contributed by atoms with Gasteiger partial charge in [0.15, 0.2) is 5.96 Å². The van der Waals surface area contributed by atoms with Crippen LogP contribution in [0.2, 0.25) is 0 Å². The number of ether oxygens (including phenoxy) is 1. The van der Waals surface area contributed by atoms with Crippen LogP contribution in [0.15, 0.2) is 23.2 Å². The average molecular weight is 416 g/mol. The number of benzene rings is 1. The van der Waals surface area contributed by atoms with Crippen molar-refractivity contribution >= 4 is 11.9 Å². The summed E-state index contributed by atoms with van der Waals surface area (Å²) in [6.07, 6.45) is 0.0721. The molecule has 1 atom stereocenters. The minimum absolute atomic E-state index is 0.0721. The lowest BCUT2D eigenvalue weighted by Crippen LogP contribution is -2.49. The first-order valence-electron chi connectivity index (χ1n) is 11.2. The van der Waals surface area contributed by atoms with E-state index >= 15 is 0 Å². The van der Waals surface area contributed by atoms with E-state index in [0.717, 1.165) is 64.9 Å². The maximum absolute atomic E-state index is 11.5. The molecule has 0 aliphatic carbocycles. The number of nitrogens with one attached hydrogen (secondary N) is 1. The third-order valence-corrected chi connectivity index (χ3v) is 5.97. The van der Waals surface area contributed by atoms with E-state index < -0.39 is 0 Å². The Bertz CT molecular complexity index is 743. The number of carbonyl (C=O) groups excluding carboxylic acids is 1. The average Bonchev–Trinajstić information content (AvgIpc) is 2.73. The molecule has 1 aromatic rings. The lowest BCUT2D eigenvalue weighted by molar-refractivity contribution is -0.130.